The molecule has 0 unspecified atom stereocenters. The van der Waals surface area contributed by atoms with E-state index in [0.29, 0.717) is 6.42 Å². The number of aliphatic hydroxyl groups is 3. The van der Waals surface area contributed by atoms with Gasteiger partial charge in [0, 0.05) is 17.6 Å². The van der Waals surface area contributed by atoms with Crippen LogP contribution in [-0.2, 0) is 9.59 Å². The van der Waals surface area contributed by atoms with Gasteiger partial charge in [0.25, 0.3) is 0 Å². The van der Waals surface area contributed by atoms with Crippen molar-refractivity contribution >= 4 is 11.9 Å². The number of rotatable bonds is 7. The molecular weight excluding hydrogens is 268 g/mol. The molecule has 7 heteroatoms. The Labute approximate surface area is 118 Å². The Morgan fingerprint density at radius 3 is 1.25 bits per heavy atom. The molecule has 0 aromatic heterocycles. The van der Waals surface area contributed by atoms with Crippen molar-refractivity contribution in [2.45, 2.75) is 19.8 Å². The van der Waals surface area contributed by atoms with Crippen molar-refractivity contribution in [1.29, 1.82) is 0 Å². The second-order valence-corrected chi connectivity index (χ2v) is 3.81. The van der Waals surface area contributed by atoms with E-state index in [1.165, 1.54) is 0 Å². The van der Waals surface area contributed by atoms with E-state index in [1.807, 2.05) is 6.92 Å². The second kappa shape index (κ2) is 15.4. The van der Waals surface area contributed by atoms with Crippen LogP contribution in [0.3, 0.4) is 0 Å². The first-order valence-corrected chi connectivity index (χ1v) is 5.82. The topological polar surface area (TPSA) is 135 Å². The van der Waals surface area contributed by atoms with Gasteiger partial charge in [-0.05, 0) is 6.42 Å². The minimum absolute atomic E-state index is 0.145. The standard InChI is InChI=1S/C7H16O3.2C3H4O2/c1-2-3-7(4-8,5-9)6-10;2*1-2-3(4)5/h8-10H,2-6H2,1H3;2*2H,1H2,(H,4,5). The summed E-state index contributed by atoms with van der Waals surface area (Å²) >= 11 is 0. The number of hydrogen-bond acceptors (Lipinski definition) is 5. The molecule has 0 fully saturated rings. The largest absolute Gasteiger partial charge is 0.478 e. The molecule has 7 nitrogen and oxygen atoms in total. The Balaban J connectivity index is -0.000000244. The summed E-state index contributed by atoms with van der Waals surface area (Å²) in [5.41, 5.74) is -0.658. The van der Waals surface area contributed by atoms with Crippen LogP contribution in [0.15, 0.2) is 25.3 Å². The van der Waals surface area contributed by atoms with E-state index in [4.69, 9.17) is 25.5 Å². The lowest BCUT2D eigenvalue weighted by Gasteiger charge is -2.26. The minimum Gasteiger partial charge on any atom is -0.478 e. The third-order valence-corrected chi connectivity index (χ3v) is 2.14. The van der Waals surface area contributed by atoms with Gasteiger partial charge in [0.15, 0.2) is 0 Å². The van der Waals surface area contributed by atoms with Crippen LogP contribution in [0.2, 0.25) is 0 Å². The summed E-state index contributed by atoms with van der Waals surface area (Å²) in [6.45, 7) is 7.44. The van der Waals surface area contributed by atoms with Crippen LogP contribution in [0, 0.1) is 5.41 Å². The lowest BCUT2D eigenvalue weighted by molar-refractivity contribution is -0.132. The van der Waals surface area contributed by atoms with Gasteiger partial charge in [-0.25, -0.2) is 9.59 Å². The number of carbonyl (C=O) groups is 2. The average molecular weight is 292 g/mol. The van der Waals surface area contributed by atoms with Crippen LogP contribution in [-0.4, -0.2) is 57.3 Å². The maximum absolute atomic E-state index is 9.25. The highest BCUT2D eigenvalue weighted by molar-refractivity contribution is 5.79. The van der Waals surface area contributed by atoms with Gasteiger partial charge in [0.1, 0.15) is 0 Å². The van der Waals surface area contributed by atoms with Gasteiger partial charge in [-0.15, -0.1) is 0 Å². The van der Waals surface area contributed by atoms with Gasteiger partial charge in [0.2, 0.25) is 0 Å². The Bertz CT molecular complexity index is 256. The highest BCUT2D eigenvalue weighted by Gasteiger charge is 2.26. The molecular formula is C13H24O7. The van der Waals surface area contributed by atoms with Crippen LogP contribution < -0.4 is 0 Å². The smallest absolute Gasteiger partial charge is 0.327 e. The molecule has 0 saturated heterocycles. The van der Waals surface area contributed by atoms with E-state index in [1.54, 1.807) is 0 Å². The summed E-state index contributed by atoms with van der Waals surface area (Å²) in [5, 5.41) is 41.6. The Morgan fingerprint density at radius 1 is 0.950 bits per heavy atom. The quantitative estimate of drug-likeness (QED) is 0.425. The third-order valence-electron chi connectivity index (χ3n) is 2.14. The van der Waals surface area contributed by atoms with Gasteiger partial charge in [-0.2, -0.15) is 0 Å². The summed E-state index contributed by atoms with van der Waals surface area (Å²) < 4.78 is 0. The summed E-state index contributed by atoms with van der Waals surface area (Å²) in [4.78, 5) is 18.5. The molecule has 0 aliphatic rings. The fraction of sp³-hybridized carbons (Fsp3) is 0.538. The van der Waals surface area contributed by atoms with Crippen LogP contribution in [0.5, 0.6) is 0 Å². The summed E-state index contributed by atoms with van der Waals surface area (Å²) in [6, 6.07) is 0. The van der Waals surface area contributed by atoms with E-state index in [-0.39, 0.29) is 19.8 Å². The fourth-order valence-corrected chi connectivity index (χ4v) is 0.918. The lowest BCUT2D eigenvalue weighted by Crippen LogP contribution is -2.33. The lowest BCUT2D eigenvalue weighted by atomic mass is 9.86. The molecule has 20 heavy (non-hydrogen) atoms. The van der Waals surface area contributed by atoms with E-state index < -0.39 is 17.4 Å². The molecule has 0 aromatic rings. The summed E-state index contributed by atoms with van der Waals surface area (Å²) in [5.74, 6) is -1.96. The predicted molar refractivity (Wildman–Crippen MR) is 74.3 cm³/mol. The molecule has 0 radical (unpaired) electrons. The third kappa shape index (κ3) is 16.3. The molecule has 0 bridgehead atoms. The van der Waals surface area contributed by atoms with Gasteiger partial charge in [-0.3, -0.25) is 0 Å². The molecule has 0 spiro atoms. The molecule has 0 heterocycles. The van der Waals surface area contributed by atoms with E-state index in [0.717, 1.165) is 18.6 Å². The highest BCUT2D eigenvalue weighted by atomic mass is 16.4. The second-order valence-electron chi connectivity index (χ2n) is 3.81. The van der Waals surface area contributed by atoms with Gasteiger partial charge in [0.05, 0.1) is 19.8 Å². The molecule has 118 valence electrons. The molecule has 5 N–H and O–H groups in total. The molecule has 0 atom stereocenters. The number of aliphatic hydroxyl groups excluding tert-OH is 3. The number of aliphatic carboxylic acids is 2. The minimum atomic E-state index is -0.981. The van der Waals surface area contributed by atoms with E-state index >= 15 is 0 Å². The first-order chi connectivity index (χ1) is 9.28. The van der Waals surface area contributed by atoms with Crippen molar-refractivity contribution in [1.82, 2.24) is 0 Å². The predicted octanol–water partition coefficient (Wildman–Crippen LogP) is 0.264. The molecule has 0 amide bonds. The molecule has 0 aliphatic heterocycles. The molecule has 0 aromatic carbocycles. The molecule has 0 aliphatic carbocycles. The Kier molecular flexibility index (Phi) is 18.0. The Morgan fingerprint density at radius 2 is 1.20 bits per heavy atom. The van der Waals surface area contributed by atoms with Crippen LogP contribution in [0.4, 0.5) is 0 Å². The van der Waals surface area contributed by atoms with Crippen molar-refractivity contribution in [3.8, 4) is 0 Å². The highest BCUT2D eigenvalue weighted by Crippen LogP contribution is 2.21. The maximum Gasteiger partial charge on any atom is 0.327 e. The average Bonchev–Trinajstić information content (AvgIpc) is 2.46. The normalized spacial score (nSPS) is 9.20. The first kappa shape index (κ1) is 23.4. The van der Waals surface area contributed by atoms with Crippen LogP contribution in [0.1, 0.15) is 19.8 Å². The Hall–Kier alpha value is -1.70. The SMILES string of the molecule is C=CC(=O)O.C=CC(=O)O.CCCC(CO)(CO)CO. The number of carboxylic acid groups (broad SMARTS) is 2. The summed E-state index contributed by atoms with van der Waals surface area (Å²) in [7, 11) is 0. The van der Waals surface area contributed by atoms with Crippen molar-refractivity contribution in [2.75, 3.05) is 19.8 Å². The zero-order valence-corrected chi connectivity index (χ0v) is 11.7. The van der Waals surface area contributed by atoms with Crippen molar-refractivity contribution in [3.05, 3.63) is 25.3 Å². The number of hydrogen-bond donors (Lipinski definition) is 5. The van der Waals surface area contributed by atoms with Crippen LogP contribution in [0.25, 0.3) is 0 Å². The van der Waals surface area contributed by atoms with Crippen molar-refractivity contribution < 1.29 is 35.1 Å². The van der Waals surface area contributed by atoms with Crippen molar-refractivity contribution in [2.24, 2.45) is 5.41 Å². The molecule has 0 saturated carbocycles. The van der Waals surface area contributed by atoms with Gasteiger partial charge < -0.3 is 25.5 Å². The van der Waals surface area contributed by atoms with Gasteiger partial charge >= 0.3 is 11.9 Å². The fourth-order valence-electron chi connectivity index (χ4n) is 0.918. The zero-order valence-electron chi connectivity index (χ0n) is 11.7. The van der Waals surface area contributed by atoms with Crippen molar-refractivity contribution in [3.63, 3.8) is 0 Å². The molecule has 0 rings (SSSR count). The van der Waals surface area contributed by atoms with Gasteiger partial charge in [-0.1, -0.05) is 26.5 Å². The zero-order chi connectivity index (χ0) is 16.6. The monoisotopic (exact) mass is 292 g/mol. The first-order valence-electron chi connectivity index (χ1n) is 5.82. The van der Waals surface area contributed by atoms with Crippen LogP contribution >= 0.6 is 0 Å². The maximum atomic E-state index is 9.25. The summed E-state index contributed by atoms with van der Waals surface area (Å²) in [6.07, 6.45) is 3.19. The van der Waals surface area contributed by atoms with E-state index in [9.17, 15) is 9.59 Å². The van der Waals surface area contributed by atoms with E-state index in [2.05, 4.69) is 13.2 Å². The number of carboxylic acids is 2.